The van der Waals surface area contributed by atoms with Crippen molar-refractivity contribution in [2.24, 2.45) is 5.41 Å². The Hall–Kier alpha value is -2.68. The number of rotatable bonds is 3. The zero-order valence-electron chi connectivity index (χ0n) is 19.6. The molecule has 1 aliphatic heterocycles. The first-order valence-electron chi connectivity index (χ1n) is 11.3. The maximum Gasteiger partial charge on any atom is 0.232 e. The van der Waals surface area contributed by atoms with Gasteiger partial charge >= 0.3 is 0 Å². The van der Waals surface area contributed by atoms with Crippen LogP contribution in [0.4, 0.5) is 5.69 Å². The Kier molecular flexibility index (Phi) is 5.41. The van der Waals surface area contributed by atoms with Crippen LogP contribution in [0, 0.1) is 19.3 Å². The molecule has 1 amide bonds. The minimum atomic E-state index is -0.159. The second kappa shape index (κ2) is 7.78. The lowest BCUT2D eigenvalue weighted by atomic mass is 9.69. The number of carbonyl (C=O) groups excluding carboxylic acids is 2. The topological polar surface area (TPSA) is 37.4 Å². The number of Topliss-reactive ketones (excluding diaryl/α,β-unsaturated/α-hetero) is 1. The van der Waals surface area contributed by atoms with Crippen molar-refractivity contribution in [2.45, 2.75) is 72.6 Å². The molecule has 1 atom stereocenters. The van der Waals surface area contributed by atoms with Crippen molar-refractivity contribution < 1.29 is 9.59 Å². The number of anilines is 1. The van der Waals surface area contributed by atoms with E-state index in [0.29, 0.717) is 18.8 Å². The summed E-state index contributed by atoms with van der Waals surface area (Å²) in [6.07, 6.45) is 1.59. The van der Waals surface area contributed by atoms with Crippen molar-refractivity contribution in [3.8, 4) is 0 Å². The van der Waals surface area contributed by atoms with E-state index in [1.54, 1.807) is 0 Å². The Bertz CT molecular complexity index is 1070. The first-order valence-corrected chi connectivity index (χ1v) is 11.3. The van der Waals surface area contributed by atoms with Crippen molar-refractivity contribution in [2.75, 3.05) is 4.90 Å². The van der Waals surface area contributed by atoms with Crippen LogP contribution in [-0.2, 0) is 9.59 Å². The Morgan fingerprint density at radius 2 is 1.65 bits per heavy atom. The summed E-state index contributed by atoms with van der Waals surface area (Å²) in [5.41, 5.74) is 7.02. The summed E-state index contributed by atoms with van der Waals surface area (Å²) in [4.78, 5) is 28.9. The molecule has 3 heteroatoms. The number of hydrogen-bond acceptors (Lipinski definition) is 2. The lowest BCUT2D eigenvalue weighted by Crippen LogP contribution is -2.44. The van der Waals surface area contributed by atoms with E-state index in [0.717, 1.165) is 40.1 Å². The third-order valence-corrected chi connectivity index (χ3v) is 6.75. The Morgan fingerprint density at radius 1 is 0.968 bits per heavy atom. The molecule has 2 aliphatic rings. The summed E-state index contributed by atoms with van der Waals surface area (Å²) in [5.74, 6) is 0.560. The molecule has 1 aliphatic carbocycles. The average molecular weight is 416 g/mol. The second-order valence-electron chi connectivity index (χ2n) is 10.4. The van der Waals surface area contributed by atoms with Gasteiger partial charge in [-0.1, -0.05) is 64.1 Å². The molecule has 1 unspecified atom stereocenters. The van der Waals surface area contributed by atoms with Crippen LogP contribution in [0.5, 0.6) is 0 Å². The monoisotopic (exact) mass is 415 g/mol. The molecular formula is C28H33NO2. The van der Waals surface area contributed by atoms with E-state index in [1.165, 1.54) is 5.56 Å². The molecule has 1 heterocycles. The van der Waals surface area contributed by atoms with Gasteiger partial charge in [0.2, 0.25) is 5.91 Å². The lowest BCUT2D eigenvalue weighted by Gasteiger charge is -2.43. The van der Waals surface area contributed by atoms with Gasteiger partial charge in [0.1, 0.15) is 0 Å². The molecule has 0 N–H and O–H groups in total. The van der Waals surface area contributed by atoms with Gasteiger partial charge in [-0.25, -0.2) is 0 Å². The minimum Gasteiger partial charge on any atom is -0.294 e. The number of aryl methyl sites for hydroxylation is 2. The highest BCUT2D eigenvalue weighted by Crippen LogP contribution is 2.48. The fourth-order valence-electron chi connectivity index (χ4n) is 5.05. The third kappa shape index (κ3) is 3.98. The molecule has 2 aromatic rings. The number of carbonyl (C=O) groups is 2. The molecule has 0 spiro atoms. The van der Waals surface area contributed by atoms with E-state index in [-0.39, 0.29) is 23.0 Å². The average Bonchev–Trinajstić information content (AvgIpc) is 2.68. The highest BCUT2D eigenvalue weighted by atomic mass is 16.2. The maximum absolute atomic E-state index is 13.6. The lowest BCUT2D eigenvalue weighted by molar-refractivity contribution is -0.121. The van der Waals surface area contributed by atoms with Crippen molar-refractivity contribution >= 4 is 17.4 Å². The molecule has 31 heavy (non-hydrogen) atoms. The maximum atomic E-state index is 13.6. The van der Waals surface area contributed by atoms with Crippen LogP contribution in [0.15, 0.2) is 53.7 Å². The number of nitrogens with zero attached hydrogens (tertiary/aromatic N) is 1. The summed E-state index contributed by atoms with van der Waals surface area (Å²) < 4.78 is 0. The van der Waals surface area contributed by atoms with Crippen LogP contribution >= 0.6 is 0 Å². The number of hydrogen-bond donors (Lipinski definition) is 0. The molecule has 2 aromatic carbocycles. The third-order valence-electron chi connectivity index (χ3n) is 6.75. The summed E-state index contributed by atoms with van der Waals surface area (Å²) >= 11 is 0. The Morgan fingerprint density at radius 3 is 2.29 bits per heavy atom. The van der Waals surface area contributed by atoms with E-state index in [1.807, 2.05) is 18.7 Å². The standard InChI is InChI=1S/C28H33NO2/c1-17(2)20-9-11-21(12-10-20)22-14-26(31)29(23-13-18(3)7-8-19(23)4)24-15-28(5,6)16-25(30)27(22)24/h7-13,17,22H,14-16H2,1-6H3. The first-order chi connectivity index (χ1) is 14.6. The molecule has 3 nitrogen and oxygen atoms in total. The van der Waals surface area contributed by atoms with Gasteiger partial charge in [0.25, 0.3) is 0 Å². The van der Waals surface area contributed by atoms with Crippen molar-refractivity contribution in [3.05, 3.63) is 76.0 Å². The van der Waals surface area contributed by atoms with E-state index >= 15 is 0 Å². The summed E-state index contributed by atoms with van der Waals surface area (Å²) in [6.45, 7) is 12.7. The fraction of sp³-hybridized carbons (Fsp3) is 0.429. The quantitative estimate of drug-likeness (QED) is 0.567. The number of benzene rings is 2. The molecule has 4 rings (SSSR count). The number of amides is 1. The molecule has 0 aromatic heterocycles. The summed E-state index contributed by atoms with van der Waals surface area (Å²) in [6, 6.07) is 14.7. The van der Waals surface area contributed by atoms with Gasteiger partial charge in [-0.3, -0.25) is 14.5 Å². The zero-order valence-corrected chi connectivity index (χ0v) is 19.6. The van der Waals surface area contributed by atoms with Gasteiger partial charge in [-0.2, -0.15) is 0 Å². The van der Waals surface area contributed by atoms with Gasteiger partial charge in [0, 0.05) is 30.0 Å². The molecule has 0 radical (unpaired) electrons. The molecule has 0 saturated carbocycles. The molecule has 0 bridgehead atoms. The van der Waals surface area contributed by atoms with Crippen LogP contribution < -0.4 is 4.90 Å². The van der Waals surface area contributed by atoms with Crippen LogP contribution in [-0.4, -0.2) is 11.7 Å². The van der Waals surface area contributed by atoms with E-state index in [2.05, 4.69) is 70.2 Å². The highest BCUT2D eigenvalue weighted by Gasteiger charge is 2.44. The van der Waals surface area contributed by atoms with Crippen molar-refractivity contribution in [3.63, 3.8) is 0 Å². The second-order valence-corrected chi connectivity index (χ2v) is 10.4. The smallest absolute Gasteiger partial charge is 0.232 e. The molecule has 0 fully saturated rings. The van der Waals surface area contributed by atoms with E-state index < -0.39 is 0 Å². The van der Waals surface area contributed by atoms with Gasteiger partial charge in [0.05, 0.1) is 5.69 Å². The SMILES string of the molecule is Cc1ccc(C)c(N2C(=O)CC(c3ccc(C(C)C)cc3)C3=C2CC(C)(C)CC3=O)c1. The predicted octanol–water partition coefficient (Wildman–Crippen LogP) is 6.59. The first kappa shape index (κ1) is 21.5. The van der Waals surface area contributed by atoms with Gasteiger partial charge in [-0.15, -0.1) is 0 Å². The molecule has 162 valence electrons. The number of allylic oxidation sites excluding steroid dienone is 2. The fourth-order valence-corrected chi connectivity index (χ4v) is 5.05. The van der Waals surface area contributed by atoms with Crippen LogP contribution in [0.2, 0.25) is 0 Å². The molecular weight excluding hydrogens is 382 g/mol. The van der Waals surface area contributed by atoms with Crippen LogP contribution in [0.1, 0.15) is 81.0 Å². The highest BCUT2D eigenvalue weighted by molar-refractivity contribution is 6.08. The minimum absolute atomic E-state index is 0.0795. The Labute approximate surface area is 186 Å². The van der Waals surface area contributed by atoms with Gasteiger partial charge in [-0.05, 0) is 59.9 Å². The van der Waals surface area contributed by atoms with Gasteiger partial charge < -0.3 is 0 Å². The van der Waals surface area contributed by atoms with E-state index in [4.69, 9.17) is 0 Å². The largest absolute Gasteiger partial charge is 0.294 e. The summed E-state index contributed by atoms with van der Waals surface area (Å²) in [7, 11) is 0. The predicted molar refractivity (Wildman–Crippen MR) is 126 cm³/mol. The van der Waals surface area contributed by atoms with Crippen LogP contribution in [0.25, 0.3) is 0 Å². The number of ketones is 1. The summed E-state index contributed by atoms with van der Waals surface area (Å²) in [5, 5.41) is 0. The molecule has 0 saturated heterocycles. The van der Waals surface area contributed by atoms with Gasteiger partial charge in [0.15, 0.2) is 5.78 Å². The zero-order chi connectivity index (χ0) is 22.5. The Balaban J connectivity index is 1.88. The van der Waals surface area contributed by atoms with Crippen molar-refractivity contribution in [1.82, 2.24) is 0 Å². The van der Waals surface area contributed by atoms with E-state index in [9.17, 15) is 9.59 Å². The van der Waals surface area contributed by atoms with Crippen molar-refractivity contribution in [1.29, 1.82) is 0 Å². The normalized spacial score (nSPS) is 21.0. The van der Waals surface area contributed by atoms with Crippen LogP contribution in [0.3, 0.4) is 0 Å².